The number of ether oxygens (including phenoxy) is 2. The molecule has 13 heteroatoms. The van der Waals surface area contributed by atoms with Gasteiger partial charge < -0.3 is 29.9 Å². The van der Waals surface area contributed by atoms with Gasteiger partial charge in [0.25, 0.3) is 0 Å². The van der Waals surface area contributed by atoms with Crippen LogP contribution in [-0.4, -0.2) is 63.5 Å². The number of nitrogens with one attached hydrogen (secondary N) is 1. The molecule has 0 saturated carbocycles. The zero-order chi connectivity index (χ0) is 37.7. The fourth-order valence-corrected chi connectivity index (χ4v) is 7.91. The highest BCUT2D eigenvalue weighted by Crippen LogP contribution is 2.43. The molecule has 53 heavy (non-hydrogen) atoms. The molecule has 278 valence electrons. The van der Waals surface area contributed by atoms with Gasteiger partial charge in [-0.3, -0.25) is 9.59 Å². The van der Waals surface area contributed by atoms with Crippen LogP contribution in [0.25, 0.3) is 11.1 Å². The second-order valence-electron chi connectivity index (χ2n) is 13.1. The Morgan fingerprint density at radius 3 is 2.30 bits per heavy atom. The van der Waals surface area contributed by atoms with Crippen molar-refractivity contribution >= 4 is 29.5 Å². The van der Waals surface area contributed by atoms with Gasteiger partial charge in [-0.15, -0.1) is 11.8 Å². The molecule has 0 radical (unpaired) electrons. The van der Waals surface area contributed by atoms with Crippen molar-refractivity contribution in [2.45, 2.75) is 68.5 Å². The first-order chi connectivity index (χ1) is 25.4. The summed E-state index contributed by atoms with van der Waals surface area (Å²) in [6, 6.07) is 28.4. The number of aliphatic hydroxyl groups is 1. The summed E-state index contributed by atoms with van der Waals surface area (Å²) in [5, 5.41) is 22.0. The molecule has 9 nitrogen and oxygen atoms in total. The van der Waals surface area contributed by atoms with E-state index in [0.29, 0.717) is 22.0 Å². The molecule has 0 bridgehead atoms. The zero-order valence-electron chi connectivity index (χ0n) is 28.8. The number of alkyl halides is 3. The summed E-state index contributed by atoms with van der Waals surface area (Å²) in [5.41, 5.74) is 5.17. The molecule has 5 unspecified atom stereocenters. The minimum absolute atomic E-state index is 0.0774. The van der Waals surface area contributed by atoms with Crippen molar-refractivity contribution in [1.82, 2.24) is 10.2 Å². The molecule has 2 amide bonds. The third-order valence-electron chi connectivity index (χ3n) is 9.61. The maximum absolute atomic E-state index is 13.0. The number of carbonyl (C=O) groups excluding carboxylic acids is 2. The maximum atomic E-state index is 13.0. The second kappa shape index (κ2) is 16.5. The highest BCUT2D eigenvalue weighted by atomic mass is 32.2. The van der Waals surface area contributed by atoms with E-state index in [1.807, 2.05) is 73.7 Å². The number of carboxylic acids is 1. The van der Waals surface area contributed by atoms with Crippen LogP contribution in [0.15, 0.2) is 102 Å². The van der Waals surface area contributed by atoms with Gasteiger partial charge in [0.15, 0.2) is 6.29 Å². The summed E-state index contributed by atoms with van der Waals surface area (Å²) in [4.78, 5) is 37.7. The lowest BCUT2D eigenvalue weighted by Crippen LogP contribution is -2.50. The number of carboxylic acid groups (broad SMARTS) is 1. The van der Waals surface area contributed by atoms with Gasteiger partial charge >= 0.3 is 18.1 Å². The van der Waals surface area contributed by atoms with Crippen molar-refractivity contribution in [3.05, 3.63) is 125 Å². The predicted octanol–water partition coefficient (Wildman–Crippen LogP) is 7.30. The van der Waals surface area contributed by atoms with Gasteiger partial charge in [-0.1, -0.05) is 85.8 Å². The average Bonchev–Trinajstić information content (AvgIpc) is 3.66. The Bertz CT molecular complexity index is 1920. The molecule has 6 rings (SSSR count). The Hall–Kier alpha value is -4.69. The minimum Gasteiger partial charge on any atom is -0.478 e. The van der Waals surface area contributed by atoms with Gasteiger partial charge in [0.05, 0.1) is 24.4 Å². The van der Waals surface area contributed by atoms with E-state index in [2.05, 4.69) is 5.32 Å². The quantitative estimate of drug-likeness (QED) is 0.137. The molecule has 3 N–H and O–H groups in total. The number of hydrogen-bond donors (Lipinski definition) is 3. The molecule has 0 aliphatic carbocycles. The lowest BCUT2D eigenvalue weighted by molar-refractivity contribution is -0.268. The Morgan fingerprint density at radius 1 is 0.887 bits per heavy atom. The van der Waals surface area contributed by atoms with Crippen molar-refractivity contribution in [2.24, 2.45) is 5.92 Å². The molecule has 2 heterocycles. The van der Waals surface area contributed by atoms with E-state index < -0.39 is 36.3 Å². The predicted molar refractivity (Wildman–Crippen MR) is 192 cm³/mol. The molecule has 2 saturated heterocycles. The lowest BCUT2D eigenvalue weighted by atomic mass is 9.91. The van der Waals surface area contributed by atoms with E-state index in [9.17, 15) is 37.8 Å². The van der Waals surface area contributed by atoms with E-state index in [1.165, 1.54) is 11.8 Å². The maximum Gasteiger partial charge on any atom is 0.471 e. The van der Waals surface area contributed by atoms with Crippen molar-refractivity contribution in [1.29, 1.82) is 0 Å². The summed E-state index contributed by atoms with van der Waals surface area (Å²) in [5.74, 6) is -3.23. The summed E-state index contributed by atoms with van der Waals surface area (Å²) < 4.78 is 52.2. The van der Waals surface area contributed by atoms with Crippen LogP contribution in [0.2, 0.25) is 0 Å². The van der Waals surface area contributed by atoms with Crippen molar-refractivity contribution in [2.75, 3.05) is 12.3 Å². The number of thioether (sulfide) groups is 1. The van der Waals surface area contributed by atoms with E-state index in [0.717, 1.165) is 33.4 Å². The standard InChI is InChI=1S/C40H39F3N2O7S/c1-24-33(23-53-34-10-3-2-8-31(34)37(48)49)51-38(52-35(24)28-13-11-25(22-46)12-14-28)29-17-15-27(16-18-29)30-7-4-6-26(20-30)21-44-36(47)32-9-5-19-45(32)39(50)40(41,42)43/h2-4,6-8,10-18,20,24,32-33,35,38,46H,5,9,19,21-23H2,1H3,(H,44,47)(H,48,49). The van der Waals surface area contributed by atoms with Crippen LogP contribution >= 0.6 is 11.8 Å². The van der Waals surface area contributed by atoms with Crippen molar-refractivity contribution < 1.29 is 47.2 Å². The number of hydrogen-bond acceptors (Lipinski definition) is 7. The third-order valence-corrected chi connectivity index (χ3v) is 10.8. The number of nitrogens with zero attached hydrogens (tertiary/aromatic N) is 1. The Morgan fingerprint density at radius 2 is 1.60 bits per heavy atom. The Labute approximate surface area is 309 Å². The van der Waals surface area contributed by atoms with Crippen LogP contribution in [0.3, 0.4) is 0 Å². The first kappa shape index (κ1) is 38.0. The van der Waals surface area contributed by atoms with Gasteiger partial charge in [0, 0.05) is 35.2 Å². The van der Waals surface area contributed by atoms with E-state index in [-0.39, 0.29) is 49.8 Å². The normalized spacial score (nSPS) is 21.7. The van der Waals surface area contributed by atoms with Crippen LogP contribution in [0, 0.1) is 5.92 Å². The van der Waals surface area contributed by atoms with Crippen LogP contribution in [-0.2, 0) is 32.2 Å². The van der Waals surface area contributed by atoms with Crippen LogP contribution in [0.5, 0.6) is 0 Å². The smallest absolute Gasteiger partial charge is 0.471 e. The highest BCUT2D eigenvalue weighted by Gasteiger charge is 2.47. The third kappa shape index (κ3) is 8.93. The number of amides is 2. The molecule has 4 aromatic carbocycles. The topological polar surface area (TPSA) is 125 Å². The molecular formula is C40H39F3N2O7S. The number of rotatable bonds is 11. The fourth-order valence-electron chi connectivity index (χ4n) is 6.70. The number of halogens is 3. The number of likely N-dealkylation sites (tertiary alicyclic amines) is 1. The summed E-state index contributed by atoms with van der Waals surface area (Å²) in [7, 11) is 0. The lowest BCUT2D eigenvalue weighted by Gasteiger charge is -2.41. The molecule has 2 aliphatic rings. The van der Waals surface area contributed by atoms with Crippen molar-refractivity contribution in [3.8, 4) is 11.1 Å². The number of benzene rings is 4. The van der Waals surface area contributed by atoms with Gasteiger partial charge in [0.1, 0.15) is 6.04 Å². The van der Waals surface area contributed by atoms with Crippen molar-refractivity contribution in [3.63, 3.8) is 0 Å². The molecule has 4 aromatic rings. The fraction of sp³-hybridized carbons (Fsp3) is 0.325. The first-order valence-corrected chi connectivity index (χ1v) is 18.2. The van der Waals surface area contributed by atoms with Gasteiger partial charge in [-0.05, 0) is 58.9 Å². The van der Waals surface area contributed by atoms with Gasteiger partial charge in [-0.2, -0.15) is 13.2 Å². The van der Waals surface area contributed by atoms with E-state index in [4.69, 9.17) is 9.47 Å². The molecule has 0 spiro atoms. The molecule has 5 atom stereocenters. The van der Waals surface area contributed by atoms with E-state index >= 15 is 0 Å². The molecule has 2 aliphatic heterocycles. The average molecular weight is 749 g/mol. The highest BCUT2D eigenvalue weighted by molar-refractivity contribution is 7.99. The van der Waals surface area contributed by atoms with Gasteiger partial charge in [-0.25, -0.2) is 4.79 Å². The molecule has 2 fully saturated rings. The number of aliphatic hydroxyl groups excluding tert-OH is 1. The van der Waals surface area contributed by atoms with Gasteiger partial charge in [0.2, 0.25) is 5.91 Å². The van der Waals surface area contributed by atoms with Crippen LogP contribution < -0.4 is 5.32 Å². The monoisotopic (exact) mass is 748 g/mol. The molecular weight excluding hydrogens is 710 g/mol. The summed E-state index contributed by atoms with van der Waals surface area (Å²) >= 11 is 1.42. The largest absolute Gasteiger partial charge is 0.478 e. The number of carbonyl (C=O) groups is 3. The Balaban J connectivity index is 1.16. The SMILES string of the molecule is CC1C(CSc2ccccc2C(=O)O)OC(c2ccc(-c3cccc(CNC(=O)C4CCCN4C(=O)C(F)(F)F)c3)cc2)OC1c1ccc(CO)cc1. The number of aromatic carboxylic acids is 1. The van der Waals surface area contributed by atoms with E-state index in [1.54, 1.807) is 30.3 Å². The minimum atomic E-state index is -5.04. The molecule has 0 aromatic heterocycles. The zero-order valence-corrected chi connectivity index (χ0v) is 29.6. The second-order valence-corrected chi connectivity index (χ2v) is 14.2. The summed E-state index contributed by atoms with van der Waals surface area (Å²) in [6.07, 6.45) is -5.94. The Kier molecular flexibility index (Phi) is 11.9. The summed E-state index contributed by atoms with van der Waals surface area (Å²) in [6.45, 7) is 1.93. The first-order valence-electron chi connectivity index (χ1n) is 17.2. The van der Waals surface area contributed by atoms with Crippen LogP contribution in [0.4, 0.5) is 13.2 Å². The van der Waals surface area contributed by atoms with Crippen LogP contribution in [0.1, 0.15) is 64.8 Å².